The number of amides is 1. The Bertz CT molecular complexity index is 794. The summed E-state index contributed by atoms with van der Waals surface area (Å²) in [5, 5.41) is 13.5. The Balaban J connectivity index is 4.69. The normalized spacial score (nSPS) is 15.5. The van der Waals surface area contributed by atoms with Gasteiger partial charge in [-0.3, -0.25) is 9.36 Å². The lowest BCUT2D eigenvalue weighted by Crippen LogP contribution is -2.45. The molecule has 0 fully saturated rings. The molecule has 0 heterocycles. The van der Waals surface area contributed by atoms with Crippen molar-refractivity contribution in [2.75, 3.05) is 40.9 Å². The van der Waals surface area contributed by atoms with Crippen LogP contribution in [0.1, 0.15) is 117 Å². The van der Waals surface area contributed by atoms with E-state index >= 15 is 0 Å². The zero-order valence-electron chi connectivity index (χ0n) is 27.4. The van der Waals surface area contributed by atoms with Gasteiger partial charge < -0.3 is 28.8 Å². The minimum Gasteiger partial charge on any atom is -0.756 e. The van der Waals surface area contributed by atoms with Gasteiger partial charge in [-0.05, 0) is 44.9 Å². The van der Waals surface area contributed by atoms with Gasteiger partial charge in [-0.15, -0.1) is 0 Å². The molecular formula is C33H63N2O6P. The van der Waals surface area contributed by atoms with E-state index in [0.717, 1.165) is 51.4 Å². The van der Waals surface area contributed by atoms with Crippen molar-refractivity contribution in [1.29, 1.82) is 0 Å². The average Bonchev–Trinajstić information content (AvgIpc) is 2.92. The van der Waals surface area contributed by atoms with Crippen molar-refractivity contribution in [2.45, 2.75) is 129 Å². The Morgan fingerprint density at radius 3 is 1.93 bits per heavy atom. The summed E-state index contributed by atoms with van der Waals surface area (Å²) in [5.41, 5.74) is 0. The fourth-order valence-corrected chi connectivity index (χ4v) is 4.84. The molecule has 9 heteroatoms. The Morgan fingerprint density at radius 1 is 0.810 bits per heavy atom. The first kappa shape index (κ1) is 40.7. The van der Waals surface area contributed by atoms with Crippen LogP contribution in [0.3, 0.4) is 0 Å². The second-order valence-electron chi connectivity index (χ2n) is 12.1. The molecule has 0 aromatic rings. The number of quaternary nitrogens is 1. The van der Waals surface area contributed by atoms with Crippen molar-refractivity contribution in [3.05, 3.63) is 36.5 Å². The second-order valence-corrected chi connectivity index (χ2v) is 13.6. The maximum atomic E-state index is 12.6. The molecular weight excluding hydrogens is 551 g/mol. The van der Waals surface area contributed by atoms with Crippen LogP contribution >= 0.6 is 7.82 Å². The Hall–Kier alpha value is -1.28. The molecule has 0 aliphatic rings. The van der Waals surface area contributed by atoms with Crippen LogP contribution in [-0.2, 0) is 18.4 Å². The first-order chi connectivity index (χ1) is 20.0. The fraction of sp³-hybridized carbons (Fsp3) is 0.788. The van der Waals surface area contributed by atoms with Gasteiger partial charge in [-0.25, -0.2) is 0 Å². The quantitative estimate of drug-likeness (QED) is 0.0426. The third-order valence-electron chi connectivity index (χ3n) is 6.83. The molecule has 1 amide bonds. The van der Waals surface area contributed by atoms with Crippen LogP contribution < -0.4 is 10.2 Å². The van der Waals surface area contributed by atoms with Crippen LogP contribution in [0.2, 0.25) is 0 Å². The van der Waals surface area contributed by atoms with E-state index < -0.39 is 26.6 Å². The van der Waals surface area contributed by atoms with Crippen LogP contribution in [0.15, 0.2) is 36.5 Å². The molecule has 2 N–H and O–H groups in total. The lowest BCUT2D eigenvalue weighted by atomic mass is 10.1. The number of unbranched alkanes of at least 4 members (excludes halogenated alkanes) is 11. The predicted molar refractivity (Wildman–Crippen MR) is 173 cm³/mol. The standard InChI is InChI=1S/C33H63N2O6P/c1-6-8-10-12-14-15-16-17-18-19-20-21-22-24-26-32(36)31(34-33(37)27-25-23-13-11-9-7-2)30-41-42(38,39)40-29-28-35(3,4)5/h15-16,19-20,24,26,31-32,36H,6-14,17-18,21-23,25,27-30H2,1-5H3,(H-,34,37,38,39)/b16-15+,20-19+,26-24+. The number of rotatable bonds is 28. The topological polar surface area (TPSA) is 108 Å². The number of aliphatic hydroxyl groups excluding tert-OH is 1. The number of nitrogens with zero attached hydrogens (tertiary/aromatic N) is 1. The average molecular weight is 615 g/mol. The first-order valence-electron chi connectivity index (χ1n) is 16.4. The highest BCUT2D eigenvalue weighted by Gasteiger charge is 2.23. The van der Waals surface area contributed by atoms with Gasteiger partial charge in [0.05, 0.1) is 39.9 Å². The van der Waals surface area contributed by atoms with E-state index in [1.54, 1.807) is 6.08 Å². The van der Waals surface area contributed by atoms with Crippen LogP contribution in [0, 0.1) is 0 Å². The number of carbonyl (C=O) groups is 1. The molecule has 8 nitrogen and oxygen atoms in total. The molecule has 0 aliphatic heterocycles. The summed E-state index contributed by atoms with van der Waals surface area (Å²) in [6, 6.07) is -0.901. The fourth-order valence-electron chi connectivity index (χ4n) is 4.12. The summed E-state index contributed by atoms with van der Waals surface area (Å²) in [7, 11) is 1.22. The highest BCUT2D eigenvalue weighted by Crippen LogP contribution is 2.38. The number of nitrogens with one attached hydrogen (secondary N) is 1. The number of hydrogen-bond acceptors (Lipinski definition) is 6. The van der Waals surface area contributed by atoms with Crippen molar-refractivity contribution in [3.8, 4) is 0 Å². The molecule has 0 bridgehead atoms. The summed E-state index contributed by atoms with van der Waals surface area (Å²) in [6.07, 6.45) is 27.8. The predicted octanol–water partition coefficient (Wildman–Crippen LogP) is 6.99. The third kappa shape index (κ3) is 27.5. The summed E-state index contributed by atoms with van der Waals surface area (Å²) in [4.78, 5) is 24.8. The largest absolute Gasteiger partial charge is 0.756 e. The van der Waals surface area contributed by atoms with Crippen LogP contribution in [0.4, 0.5) is 0 Å². The van der Waals surface area contributed by atoms with Crippen LogP contribution in [0.5, 0.6) is 0 Å². The van der Waals surface area contributed by atoms with E-state index in [0.29, 0.717) is 17.4 Å². The van der Waals surface area contributed by atoms with Gasteiger partial charge in [-0.2, -0.15) is 0 Å². The molecule has 3 atom stereocenters. The number of phosphoric ester groups is 1. The monoisotopic (exact) mass is 614 g/mol. The Kier molecular flexibility index (Phi) is 25.4. The van der Waals surface area contributed by atoms with E-state index in [4.69, 9.17) is 9.05 Å². The number of allylic oxidation sites excluding steroid dienone is 5. The smallest absolute Gasteiger partial charge is 0.268 e. The highest BCUT2D eigenvalue weighted by molar-refractivity contribution is 7.45. The first-order valence-corrected chi connectivity index (χ1v) is 17.8. The van der Waals surface area contributed by atoms with Gasteiger partial charge in [-0.1, -0.05) is 102 Å². The molecule has 0 saturated heterocycles. The summed E-state index contributed by atoms with van der Waals surface area (Å²) in [5.74, 6) is -0.226. The maximum Gasteiger partial charge on any atom is 0.268 e. The minimum absolute atomic E-state index is 0.00928. The van der Waals surface area contributed by atoms with Gasteiger partial charge in [0.25, 0.3) is 7.82 Å². The van der Waals surface area contributed by atoms with Crippen LogP contribution in [0.25, 0.3) is 0 Å². The van der Waals surface area contributed by atoms with E-state index in [2.05, 4.69) is 43.5 Å². The van der Waals surface area contributed by atoms with Crippen molar-refractivity contribution in [1.82, 2.24) is 5.32 Å². The second kappa shape index (κ2) is 26.2. The van der Waals surface area contributed by atoms with E-state index in [1.807, 2.05) is 27.2 Å². The highest BCUT2D eigenvalue weighted by atomic mass is 31.2. The molecule has 3 unspecified atom stereocenters. The number of carbonyl (C=O) groups excluding carboxylic acids is 1. The molecule has 0 rings (SSSR count). The molecule has 0 aromatic carbocycles. The summed E-state index contributed by atoms with van der Waals surface area (Å²) >= 11 is 0. The number of phosphoric acid groups is 1. The molecule has 0 saturated carbocycles. The van der Waals surface area contributed by atoms with Crippen molar-refractivity contribution >= 4 is 13.7 Å². The molecule has 0 radical (unpaired) electrons. The van der Waals surface area contributed by atoms with E-state index in [9.17, 15) is 19.4 Å². The Morgan fingerprint density at radius 2 is 1.33 bits per heavy atom. The zero-order valence-corrected chi connectivity index (χ0v) is 28.3. The van der Waals surface area contributed by atoms with Gasteiger partial charge in [0.15, 0.2) is 0 Å². The minimum atomic E-state index is -4.57. The molecule has 246 valence electrons. The van der Waals surface area contributed by atoms with Gasteiger partial charge in [0, 0.05) is 6.42 Å². The molecule has 0 aliphatic carbocycles. The van der Waals surface area contributed by atoms with E-state index in [1.165, 1.54) is 44.9 Å². The number of aliphatic hydroxyl groups is 1. The molecule has 0 aromatic heterocycles. The number of hydrogen-bond donors (Lipinski definition) is 2. The van der Waals surface area contributed by atoms with E-state index in [-0.39, 0.29) is 12.5 Å². The summed E-state index contributed by atoms with van der Waals surface area (Å²) in [6.45, 7) is 4.48. The molecule has 0 spiro atoms. The molecule has 42 heavy (non-hydrogen) atoms. The lowest BCUT2D eigenvalue weighted by Gasteiger charge is -2.29. The van der Waals surface area contributed by atoms with Gasteiger partial charge in [0.2, 0.25) is 5.91 Å². The maximum absolute atomic E-state index is 12.6. The zero-order chi connectivity index (χ0) is 31.5. The van der Waals surface area contributed by atoms with Crippen molar-refractivity contribution < 1.29 is 32.9 Å². The Labute approximate surface area is 257 Å². The van der Waals surface area contributed by atoms with Crippen LogP contribution in [-0.4, -0.2) is 68.5 Å². The van der Waals surface area contributed by atoms with Gasteiger partial charge in [0.1, 0.15) is 13.2 Å². The lowest BCUT2D eigenvalue weighted by molar-refractivity contribution is -0.870. The number of likely N-dealkylation sites (N-methyl/N-ethyl adjacent to an activating group) is 1. The van der Waals surface area contributed by atoms with Crippen molar-refractivity contribution in [3.63, 3.8) is 0 Å². The third-order valence-corrected chi connectivity index (χ3v) is 7.79. The SMILES string of the molecule is CCCCCC/C=C/CC/C=C/CC/C=C/C(O)C(COP(=O)([O-])OCC[N+](C)(C)C)NC(=O)CCCCCCCC. The van der Waals surface area contributed by atoms with Gasteiger partial charge >= 0.3 is 0 Å². The van der Waals surface area contributed by atoms with Crippen molar-refractivity contribution in [2.24, 2.45) is 0 Å². The summed E-state index contributed by atoms with van der Waals surface area (Å²) < 4.78 is 22.9.